The number of primary amides is 1. The first-order valence-electron chi connectivity index (χ1n) is 12.3. The van der Waals surface area contributed by atoms with E-state index in [1.54, 1.807) is 30.5 Å². The van der Waals surface area contributed by atoms with Gasteiger partial charge in [-0.2, -0.15) is 9.78 Å². The highest BCUT2D eigenvalue weighted by Crippen LogP contribution is 2.35. The lowest BCUT2D eigenvalue weighted by atomic mass is 9.96. The quantitative estimate of drug-likeness (QED) is 0.217. The van der Waals surface area contributed by atoms with Crippen LogP contribution < -0.4 is 20.8 Å². The molecule has 4 aromatic rings. The van der Waals surface area contributed by atoms with Crippen LogP contribution in [-0.2, 0) is 4.79 Å². The highest BCUT2D eigenvalue weighted by atomic mass is 79.9. The summed E-state index contributed by atoms with van der Waals surface area (Å²) >= 11 is 6.92. The predicted molar refractivity (Wildman–Crippen MR) is 161 cm³/mol. The molecule has 0 spiro atoms. The van der Waals surface area contributed by atoms with Crippen LogP contribution in [0.5, 0.6) is 11.5 Å². The van der Waals surface area contributed by atoms with Crippen molar-refractivity contribution in [2.45, 2.75) is 33.6 Å². The van der Waals surface area contributed by atoms with E-state index in [1.807, 2.05) is 38.1 Å². The Morgan fingerprint density at radius 3 is 2.46 bits per heavy atom. The summed E-state index contributed by atoms with van der Waals surface area (Å²) in [6, 6.07) is 14.8. The van der Waals surface area contributed by atoms with Crippen molar-refractivity contribution < 1.29 is 14.3 Å². The van der Waals surface area contributed by atoms with Gasteiger partial charge >= 0.3 is 0 Å². The van der Waals surface area contributed by atoms with Crippen molar-refractivity contribution in [3.05, 3.63) is 84.5 Å². The Kier molecular flexibility index (Phi) is 8.87. The van der Waals surface area contributed by atoms with Gasteiger partial charge in [0.2, 0.25) is 0 Å². The summed E-state index contributed by atoms with van der Waals surface area (Å²) in [4.78, 5) is 29.7. The molecule has 0 saturated heterocycles. The number of carbonyl (C=O) groups excluding carboxylic acids is 1. The minimum absolute atomic E-state index is 0.194. The number of rotatable bonds is 9. The third kappa shape index (κ3) is 6.23. The van der Waals surface area contributed by atoms with Gasteiger partial charge in [0.05, 0.1) is 32.7 Å². The van der Waals surface area contributed by atoms with Gasteiger partial charge in [0.25, 0.3) is 11.5 Å². The van der Waals surface area contributed by atoms with Gasteiger partial charge in [-0.1, -0.05) is 26.0 Å². The average Bonchev–Trinajstić information content (AvgIpc) is 2.87. The molecule has 202 valence electrons. The first kappa shape index (κ1) is 28.5. The van der Waals surface area contributed by atoms with E-state index in [0.29, 0.717) is 43.6 Å². The zero-order valence-corrected chi connectivity index (χ0v) is 25.2. The van der Waals surface area contributed by atoms with Crippen molar-refractivity contribution in [3.63, 3.8) is 0 Å². The summed E-state index contributed by atoms with van der Waals surface area (Å²) in [6.45, 7) is 8.42. The van der Waals surface area contributed by atoms with Crippen molar-refractivity contribution in [1.29, 1.82) is 0 Å². The first-order valence-corrected chi connectivity index (χ1v) is 13.9. The fourth-order valence-electron chi connectivity index (χ4n) is 4.14. The average molecular weight is 656 g/mol. The molecule has 10 heteroatoms. The minimum Gasteiger partial charge on any atom is -0.494 e. The molecule has 1 amide bonds. The van der Waals surface area contributed by atoms with Gasteiger partial charge in [-0.3, -0.25) is 9.59 Å². The number of fused-ring (bicyclic) bond motifs is 1. The molecule has 0 atom stereocenters. The molecule has 0 radical (unpaired) electrons. The third-order valence-corrected chi connectivity index (χ3v) is 7.15. The lowest BCUT2D eigenvalue weighted by molar-refractivity contribution is -0.119. The molecule has 4 rings (SSSR count). The lowest BCUT2D eigenvalue weighted by Gasteiger charge is -2.18. The van der Waals surface area contributed by atoms with Crippen LogP contribution in [0.4, 0.5) is 0 Å². The molecule has 8 nitrogen and oxygen atoms in total. The molecule has 39 heavy (non-hydrogen) atoms. The number of nitrogens with two attached hydrogens (primary N) is 1. The third-order valence-electron chi connectivity index (χ3n) is 5.98. The van der Waals surface area contributed by atoms with Gasteiger partial charge in [-0.15, -0.1) is 0 Å². The number of carbonyl (C=O) groups is 1. The molecule has 2 N–H and O–H groups in total. The predicted octanol–water partition coefficient (Wildman–Crippen LogP) is 6.17. The molecule has 0 bridgehead atoms. The Labute approximate surface area is 243 Å². The number of hydrogen-bond donors (Lipinski definition) is 1. The van der Waals surface area contributed by atoms with Crippen LogP contribution in [0.1, 0.15) is 43.4 Å². The molecule has 0 fully saturated rings. The van der Waals surface area contributed by atoms with Crippen molar-refractivity contribution >= 4 is 54.9 Å². The van der Waals surface area contributed by atoms with Crippen molar-refractivity contribution in [1.82, 2.24) is 9.66 Å². The summed E-state index contributed by atoms with van der Waals surface area (Å²) < 4.78 is 13.9. The number of benzene rings is 3. The van der Waals surface area contributed by atoms with Gasteiger partial charge in [-0.25, -0.2) is 4.98 Å². The van der Waals surface area contributed by atoms with Gasteiger partial charge < -0.3 is 15.2 Å². The molecule has 0 unspecified atom stereocenters. The number of hydrogen-bond acceptors (Lipinski definition) is 6. The van der Waals surface area contributed by atoms with Gasteiger partial charge in [0.15, 0.2) is 12.4 Å². The molecule has 1 aromatic heterocycles. The maximum absolute atomic E-state index is 13.7. The van der Waals surface area contributed by atoms with Crippen LogP contribution in [0.25, 0.3) is 22.3 Å². The van der Waals surface area contributed by atoms with Crippen LogP contribution in [0.2, 0.25) is 0 Å². The van der Waals surface area contributed by atoms with Crippen molar-refractivity contribution in [2.24, 2.45) is 10.8 Å². The Morgan fingerprint density at radius 1 is 1.13 bits per heavy atom. The summed E-state index contributed by atoms with van der Waals surface area (Å²) in [5.74, 6) is 1.29. The zero-order chi connectivity index (χ0) is 28.3. The standard InChI is InChI=1S/C29H28Br2N4O4/c1-5-38-25-10-17(4)21(13-20(25)16(2)3)28-34-24-9-7-6-8-19(24)29(37)35(28)33-14-18-11-22(30)27(23(31)12-18)39-15-26(32)36/h6-14,16H,5,15H2,1-4H3,(H2,32,36). The largest absolute Gasteiger partial charge is 0.494 e. The van der Waals surface area contributed by atoms with E-state index in [0.717, 1.165) is 22.4 Å². The van der Waals surface area contributed by atoms with Crippen LogP contribution in [-0.4, -0.2) is 35.0 Å². The van der Waals surface area contributed by atoms with Crippen LogP contribution in [0.3, 0.4) is 0 Å². The summed E-state index contributed by atoms with van der Waals surface area (Å²) in [5.41, 5.74) is 8.90. The molecule has 0 aliphatic carbocycles. The molecular formula is C29H28Br2N4O4. The number of aryl methyl sites for hydroxylation is 1. The van der Waals surface area contributed by atoms with E-state index in [1.165, 1.54) is 4.68 Å². The van der Waals surface area contributed by atoms with Gasteiger partial charge in [0, 0.05) is 5.56 Å². The molecule has 1 heterocycles. The summed E-state index contributed by atoms with van der Waals surface area (Å²) in [5, 5.41) is 5.05. The molecular weight excluding hydrogens is 628 g/mol. The second-order valence-corrected chi connectivity index (χ2v) is 10.9. The van der Waals surface area contributed by atoms with E-state index in [9.17, 15) is 9.59 Å². The van der Waals surface area contributed by atoms with E-state index >= 15 is 0 Å². The Hall–Kier alpha value is -3.50. The van der Waals surface area contributed by atoms with Gasteiger partial charge in [0.1, 0.15) is 11.5 Å². The number of halogens is 2. The fraction of sp³-hybridized carbons (Fsp3) is 0.241. The topological polar surface area (TPSA) is 109 Å². The van der Waals surface area contributed by atoms with Gasteiger partial charge in [-0.05, 0) is 105 Å². The van der Waals surface area contributed by atoms with Crippen LogP contribution in [0.15, 0.2) is 67.4 Å². The second kappa shape index (κ2) is 12.1. The summed E-state index contributed by atoms with van der Waals surface area (Å²) in [7, 11) is 0. The Balaban J connectivity index is 1.88. The monoisotopic (exact) mass is 654 g/mol. The van der Waals surface area contributed by atoms with E-state index in [2.05, 4.69) is 50.8 Å². The van der Waals surface area contributed by atoms with E-state index in [4.69, 9.17) is 20.2 Å². The number of aromatic nitrogens is 2. The SMILES string of the molecule is CCOc1cc(C)c(-c2nc3ccccc3c(=O)n2N=Cc2cc(Br)c(OCC(N)=O)c(Br)c2)cc1C(C)C. The highest BCUT2D eigenvalue weighted by Gasteiger charge is 2.19. The summed E-state index contributed by atoms with van der Waals surface area (Å²) in [6.07, 6.45) is 1.57. The number of nitrogens with zero attached hydrogens (tertiary/aromatic N) is 3. The molecule has 0 saturated carbocycles. The fourth-order valence-corrected chi connectivity index (χ4v) is 5.59. The smallest absolute Gasteiger partial charge is 0.282 e. The lowest BCUT2D eigenvalue weighted by Crippen LogP contribution is -2.21. The van der Waals surface area contributed by atoms with Crippen LogP contribution >= 0.6 is 31.9 Å². The molecule has 0 aliphatic heterocycles. The van der Waals surface area contributed by atoms with Crippen molar-refractivity contribution in [3.8, 4) is 22.9 Å². The Bertz CT molecular complexity index is 1620. The van der Waals surface area contributed by atoms with E-state index in [-0.39, 0.29) is 18.1 Å². The molecule has 3 aromatic carbocycles. The zero-order valence-electron chi connectivity index (χ0n) is 22.0. The van der Waals surface area contributed by atoms with Crippen molar-refractivity contribution in [2.75, 3.05) is 13.2 Å². The molecule has 0 aliphatic rings. The number of ether oxygens (including phenoxy) is 2. The first-order chi connectivity index (χ1) is 18.6. The normalized spacial score (nSPS) is 11.5. The Morgan fingerprint density at radius 2 is 1.82 bits per heavy atom. The van der Waals surface area contributed by atoms with Crippen LogP contribution in [0, 0.1) is 6.92 Å². The maximum Gasteiger partial charge on any atom is 0.282 e. The number of amides is 1. The van der Waals surface area contributed by atoms with E-state index < -0.39 is 5.91 Å². The second-order valence-electron chi connectivity index (χ2n) is 9.18. The number of para-hydroxylation sites is 1. The minimum atomic E-state index is -0.583. The maximum atomic E-state index is 13.7. The highest BCUT2D eigenvalue weighted by molar-refractivity contribution is 9.11.